The van der Waals surface area contributed by atoms with Crippen LogP contribution in [0.2, 0.25) is 0 Å². The van der Waals surface area contributed by atoms with E-state index in [0.717, 1.165) is 0 Å². The Morgan fingerprint density at radius 1 is 1.05 bits per heavy atom. The van der Waals surface area contributed by atoms with Gasteiger partial charge in [0, 0.05) is 5.56 Å². The number of nitrogens with zero attached hydrogens (tertiary/aromatic N) is 4. The molecular formula is C16H22N5O13P3. The van der Waals surface area contributed by atoms with Crippen molar-refractivity contribution in [3.63, 3.8) is 0 Å². The highest BCUT2D eigenvalue weighted by atomic mass is 31.3. The predicted octanol–water partition coefficient (Wildman–Crippen LogP) is -1.26. The molecule has 3 unspecified atom stereocenters. The van der Waals surface area contributed by atoms with Crippen molar-refractivity contribution in [3.8, 4) is 0 Å². The highest BCUT2D eigenvalue weighted by molar-refractivity contribution is 7.66. The first-order valence-electron chi connectivity index (χ1n) is 10.2. The standard InChI is InChI=1S/C16H22N5O13P3/c17-16(9-4-2-1-3-5-9)13-14(18-7-20-16)21(8-19-13)15-12(23)11(22)10(32-15)6-31-36(27,28)34-37(29,30)33-35(24,25)26/h1-5,7,10-12,15,22-23H,6,8,17H2,(H,27,28)(H,29,30)(H2,24,25,26)/t10-,11-,12-,15-,16?/m1/s1. The molecule has 21 heteroatoms. The van der Waals surface area contributed by atoms with E-state index in [4.69, 9.17) is 20.3 Å². The number of aliphatic imine (C=N–C) groups is 3. The van der Waals surface area contributed by atoms with Crippen LogP contribution in [0.1, 0.15) is 5.56 Å². The third-order valence-electron chi connectivity index (χ3n) is 5.34. The summed E-state index contributed by atoms with van der Waals surface area (Å²) in [6, 6.07) is 8.81. The first-order chi connectivity index (χ1) is 17.1. The summed E-state index contributed by atoms with van der Waals surface area (Å²) in [5.41, 5.74) is 6.01. The number of hydrogen-bond donors (Lipinski definition) is 7. The zero-order valence-corrected chi connectivity index (χ0v) is 21.1. The fourth-order valence-electron chi connectivity index (χ4n) is 3.78. The second kappa shape index (κ2) is 10.1. The van der Waals surface area contributed by atoms with Gasteiger partial charge in [0.05, 0.1) is 6.61 Å². The van der Waals surface area contributed by atoms with Gasteiger partial charge in [-0.3, -0.25) is 15.2 Å². The van der Waals surface area contributed by atoms with Gasteiger partial charge < -0.3 is 39.4 Å². The maximum atomic E-state index is 12.0. The minimum atomic E-state index is -5.73. The van der Waals surface area contributed by atoms with Crippen molar-refractivity contribution in [2.24, 2.45) is 20.7 Å². The number of aliphatic hydroxyl groups excluding tert-OH is 2. The first kappa shape index (κ1) is 28.3. The Kier molecular flexibility index (Phi) is 7.73. The topological polar surface area (TPSA) is 276 Å². The van der Waals surface area contributed by atoms with E-state index in [0.29, 0.717) is 5.56 Å². The van der Waals surface area contributed by atoms with Crippen molar-refractivity contribution in [3.05, 3.63) is 35.9 Å². The number of phosphoric ester groups is 1. The van der Waals surface area contributed by atoms with Gasteiger partial charge in [0.1, 0.15) is 37.0 Å². The van der Waals surface area contributed by atoms with Crippen LogP contribution in [0, 0.1) is 0 Å². The molecule has 0 radical (unpaired) electrons. The maximum absolute atomic E-state index is 12.0. The molecule has 1 fully saturated rings. The fourth-order valence-corrected chi connectivity index (χ4v) is 6.81. The van der Waals surface area contributed by atoms with E-state index in [9.17, 15) is 33.7 Å². The second-order valence-electron chi connectivity index (χ2n) is 7.88. The van der Waals surface area contributed by atoms with Gasteiger partial charge >= 0.3 is 23.5 Å². The Morgan fingerprint density at radius 3 is 2.38 bits per heavy atom. The minimum absolute atomic E-state index is 0.0969. The lowest BCUT2D eigenvalue weighted by Gasteiger charge is -2.32. The molecule has 204 valence electrons. The van der Waals surface area contributed by atoms with Gasteiger partial charge in [0.25, 0.3) is 0 Å². The first-order valence-corrected chi connectivity index (χ1v) is 14.7. The Balaban J connectivity index is 1.43. The molecule has 0 spiro atoms. The fraction of sp³-hybridized carbons (Fsp3) is 0.438. The van der Waals surface area contributed by atoms with E-state index < -0.39 is 60.3 Å². The number of hydrogen-bond acceptors (Lipinski definition) is 14. The second-order valence-corrected chi connectivity index (χ2v) is 12.3. The SMILES string of the molecule is NC1(c2ccccc2)N=CN=C2C1=NCN2[C@@H]1O[C@H](COP(=O)(O)OP(=O)(O)OP(=O)(O)O)[C@@H](O)[C@H]1O. The van der Waals surface area contributed by atoms with Crippen molar-refractivity contribution >= 4 is 41.4 Å². The minimum Gasteiger partial charge on any atom is -0.387 e. The highest BCUT2D eigenvalue weighted by Gasteiger charge is 2.52. The van der Waals surface area contributed by atoms with Gasteiger partial charge in [-0.15, -0.1) is 0 Å². The van der Waals surface area contributed by atoms with Crippen LogP contribution in [0.3, 0.4) is 0 Å². The third-order valence-corrected chi connectivity index (χ3v) is 9.15. The smallest absolute Gasteiger partial charge is 0.387 e. The molecule has 8 N–H and O–H groups in total. The molecule has 0 aliphatic carbocycles. The average molecular weight is 585 g/mol. The molecule has 0 aromatic heterocycles. The molecule has 0 amide bonds. The summed E-state index contributed by atoms with van der Waals surface area (Å²) in [5.74, 6) is 0.200. The zero-order valence-electron chi connectivity index (χ0n) is 18.4. The number of benzene rings is 1. The number of amidine groups is 1. The predicted molar refractivity (Wildman–Crippen MR) is 123 cm³/mol. The molecule has 0 saturated carbocycles. The van der Waals surface area contributed by atoms with E-state index >= 15 is 0 Å². The van der Waals surface area contributed by atoms with Crippen molar-refractivity contribution < 1.29 is 61.4 Å². The number of fused-ring (bicyclic) bond motifs is 1. The van der Waals surface area contributed by atoms with E-state index in [1.807, 2.05) is 0 Å². The monoisotopic (exact) mass is 585 g/mol. The lowest BCUT2D eigenvalue weighted by atomic mass is 9.94. The van der Waals surface area contributed by atoms with E-state index in [1.165, 1.54) is 11.2 Å². The molecule has 1 aromatic carbocycles. The number of nitrogens with two attached hydrogens (primary N) is 1. The Morgan fingerprint density at radius 2 is 1.73 bits per heavy atom. The van der Waals surface area contributed by atoms with Gasteiger partial charge in [0.2, 0.25) is 0 Å². The molecule has 4 rings (SSSR count). The van der Waals surface area contributed by atoms with Crippen LogP contribution in [0.4, 0.5) is 0 Å². The maximum Gasteiger partial charge on any atom is 0.490 e. The summed E-state index contributed by atoms with van der Waals surface area (Å²) in [7, 11) is -16.8. The van der Waals surface area contributed by atoms with Crippen LogP contribution >= 0.6 is 23.5 Å². The van der Waals surface area contributed by atoms with Crippen LogP contribution < -0.4 is 5.73 Å². The van der Waals surface area contributed by atoms with Crippen molar-refractivity contribution in [1.29, 1.82) is 0 Å². The quantitative estimate of drug-likeness (QED) is 0.167. The summed E-state index contributed by atoms with van der Waals surface area (Å²) in [4.78, 5) is 50.2. The largest absolute Gasteiger partial charge is 0.490 e. The van der Waals surface area contributed by atoms with Crippen molar-refractivity contribution in [2.45, 2.75) is 30.2 Å². The lowest BCUT2D eigenvalue weighted by molar-refractivity contribution is -0.0680. The van der Waals surface area contributed by atoms with Crippen molar-refractivity contribution in [1.82, 2.24) is 4.90 Å². The van der Waals surface area contributed by atoms with Crippen LogP contribution in [0.15, 0.2) is 45.3 Å². The summed E-state index contributed by atoms with van der Waals surface area (Å²) >= 11 is 0. The van der Waals surface area contributed by atoms with E-state index in [-0.39, 0.29) is 18.2 Å². The van der Waals surface area contributed by atoms with Crippen LogP contribution in [-0.4, -0.2) is 90.4 Å². The molecule has 1 aromatic rings. The molecule has 3 aliphatic rings. The van der Waals surface area contributed by atoms with Crippen LogP contribution in [0.25, 0.3) is 0 Å². The zero-order chi connectivity index (χ0) is 27.2. The normalized spacial score (nSPS) is 32.9. The Hall–Kier alpha value is -1.72. The summed E-state index contributed by atoms with van der Waals surface area (Å²) < 4.78 is 51.5. The number of ether oxygens (including phenoxy) is 1. The van der Waals surface area contributed by atoms with Crippen LogP contribution in [-0.2, 0) is 37.2 Å². The van der Waals surface area contributed by atoms with E-state index in [2.05, 4.69) is 28.1 Å². The molecule has 37 heavy (non-hydrogen) atoms. The van der Waals surface area contributed by atoms with Gasteiger partial charge in [-0.1, -0.05) is 30.3 Å². The Bertz CT molecular complexity index is 1270. The molecule has 1 saturated heterocycles. The van der Waals surface area contributed by atoms with Gasteiger partial charge in [-0.2, -0.15) is 8.62 Å². The van der Waals surface area contributed by atoms with Gasteiger partial charge in [0.15, 0.2) is 17.7 Å². The van der Waals surface area contributed by atoms with Crippen molar-refractivity contribution in [2.75, 3.05) is 13.3 Å². The average Bonchev–Trinajstić information content (AvgIpc) is 3.33. The molecular weight excluding hydrogens is 563 g/mol. The van der Waals surface area contributed by atoms with E-state index in [1.54, 1.807) is 30.3 Å². The summed E-state index contributed by atoms with van der Waals surface area (Å²) in [5, 5.41) is 21.0. The summed E-state index contributed by atoms with van der Waals surface area (Å²) in [6.07, 6.45) is -4.82. The Labute approximate surface area is 208 Å². The van der Waals surface area contributed by atoms with Crippen LogP contribution in [0.5, 0.6) is 0 Å². The number of aliphatic hydroxyl groups is 2. The highest BCUT2D eigenvalue weighted by Crippen LogP contribution is 2.66. The molecule has 7 atom stereocenters. The molecule has 0 bridgehead atoms. The van der Waals surface area contributed by atoms with Gasteiger partial charge in [-0.05, 0) is 0 Å². The number of phosphoric acid groups is 3. The lowest BCUT2D eigenvalue weighted by Crippen LogP contribution is -2.53. The molecule has 3 aliphatic heterocycles. The third kappa shape index (κ3) is 6.14. The number of rotatable bonds is 9. The molecule has 18 nitrogen and oxygen atoms in total. The molecule has 3 heterocycles. The summed E-state index contributed by atoms with van der Waals surface area (Å²) in [6.45, 7) is -1.06. The van der Waals surface area contributed by atoms with Gasteiger partial charge in [-0.25, -0.2) is 23.7 Å².